The number of thiophene rings is 1. The minimum Gasteiger partial charge on any atom is -0.366 e. The number of benzene rings is 1. The molecule has 1 aromatic carbocycles. The largest absolute Gasteiger partial charge is 0.366 e. The average molecular weight is 403 g/mol. The van der Waals surface area contributed by atoms with Gasteiger partial charge in [0.1, 0.15) is 11.5 Å². The molecule has 3 amide bonds. The average Bonchev–Trinajstić information content (AvgIpc) is 3.23. The highest BCUT2D eigenvalue weighted by Gasteiger charge is 2.30. The van der Waals surface area contributed by atoms with Crippen molar-refractivity contribution in [1.82, 2.24) is 0 Å². The molecule has 0 bridgehead atoms. The SMILES string of the molecule is Cc1ccc(N2C(=O)CN=C2S[C@@H](C)C(=O)Nc2sccc2C(N)=O)cc1. The fourth-order valence-electron chi connectivity index (χ4n) is 2.45. The highest BCUT2D eigenvalue weighted by molar-refractivity contribution is 8.15. The van der Waals surface area contributed by atoms with E-state index in [-0.39, 0.29) is 23.9 Å². The predicted molar refractivity (Wildman–Crippen MR) is 109 cm³/mol. The zero-order valence-corrected chi connectivity index (χ0v) is 16.4. The second kappa shape index (κ2) is 7.93. The van der Waals surface area contributed by atoms with Crippen LogP contribution in [-0.2, 0) is 9.59 Å². The summed E-state index contributed by atoms with van der Waals surface area (Å²) in [6.07, 6.45) is 0. The van der Waals surface area contributed by atoms with Crippen molar-refractivity contribution in [3.05, 3.63) is 46.8 Å². The Morgan fingerprint density at radius 1 is 1.30 bits per heavy atom. The highest BCUT2D eigenvalue weighted by Crippen LogP contribution is 2.28. The number of aryl methyl sites for hydroxylation is 1. The van der Waals surface area contributed by atoms with Crippen molar-refractivity contribution in [2.45, 2.75) is 19.1 Å². The first-order valence-electron chi connectivity index (χ1n) is 8.15. The Kier molecular flexibility index (Phi) is 5.62. The summed E-state index contributed by atoms with van der Waals surface area (Å²) in [6.45, 7) is 3.74. The molecule has 9 heteroatoms. The number of amidine groups is 1. The Morgan fingerprint density at radius 3 is 2.67 bits per heavy atom. The van der Waals surface area contributed by atoms with Crippen molar-refractivity contribution in [3.63, 3.8) is 0 Å². The molecule has 0 spiro atoms. The Bertz CT molecular complexity index is 921. The molecule has 0 radical (unpaired) electrons. The molecule has 0 fully saturated rings. The number of aliphatic imine (C=N–C) groups is 1. The van der Waals surface area contributed by atoms with Gasteiger partial charge in [-0.15, -0.1) is 11.3 Å². The lowest BCUT2D eigenvalue weighted by Gasteiger charge is -2.20. The summed E-state index contributed by atoms with van der Waals surface area (Å²) in [4.78, 5) is 41.9. The van der Waals surface area contributed by atoms with Crippen LogP contribution < -0.4 is 16.0 Å². The second-order valence-corrected chi connectivity index (χ2v) is 8.16. The van der Waals surface area contributed by atoms with E-state index in [1.165, 1.54) is 28.0 Å². The molecule has 140 valence electrons. The minimum absolute atomic E-state index is 0.0568. The van der Waals surface area contributed by atoms with Gasteiger partial charge < -0.3 is 11.1 Å². The quantitative estimate of drug-likeness (QED) is 0.802. The third-order valence-electron chi connectivity index (χ3n) is 3.90. The summed E-state index contributed by atoms with van der Waals surface area (Å²) in [6, 6.07) is 9.11. The maximum Gasteiger partial charge on any atom is 0.254 e. The van der Waals surface area contributed by atoms with E-state index in [0.29, 0.717) is 10.2 Å². The van der Waals surface area contributed by atoms with Gasteiger partial charge in [0.15, 0.2) is 5.17 Å². The van der Waals surface area contributed by atoms with E-state index in [4.69, 9.17) is 5.73 Å². The van der Waals surface area contributed by atoms with Crippen LogP contribution in [0.5, 0.6) is 0 Å². The van der Waals surface area contributed by atoms with Gasteiger partial charge in [0.05, 0.1) is 16.5 Å². The van der Waals surface area contributed by atoms with E-state index >= 15 is 0 Å². The Hall–Kier alpha value is -2.65. The smallest absolute Gasteiger partial charge is 0.254 e. The van der Waals surface area contributed by atoms with Crippen LogP contribution in [-0.4, -0.2) is 34.7 Å². The summed E-state index contributed by atoms with van der Waals surface area (Å²) in [5.41, 5.74) is 7.38. The van der Waals surface area contributed by atoms with E-state index in [1.807, 2.05) is 31.2 Å². The maximum absolute atomic E-state index is 12.5. The molecule has 1 atom stereocenters. The van der Waals surface area contributed by atoms with Crippen LogP contribution in [0, 0.1) is 6.92 Å². The van der Waals surface area contributed by atoms with Crippen LogP contribution >= 0.6 is 23.1 Å². The number of amides is 3. The second-order valence-electron chi connectivity index (χ2n) is 5.94. The van der Waals surface area contributed by atoms with Crippen molar-refractivity contribution in [3.8, 4) is 0 Å². The molecule has 2 aromatic rings. The van der Waals surface area contributed by atoms with Crippen LogP contribution in [0.25, 0.3) is 0 Å². The van der Waals surface area contributed by atoms with Crippen LogP contribution in [0.15, 0.2) is 40.7 Å². The lowest BCUT2D eigenvalue weighted by molar-refractivity contribution is -0.116. The molecule has 0 aliphatic carbocycles. The number of anilines is 2. The van der Waals surface area contributed by atoms with Crippen molar-refractivity contribution >= 4 is 56.7 Å². The summed E-state index contributed by atoms with van der Waals surface area (Å²) >= 11 is 2.42. The molecule has 7 nitrogen and oxygen atoms in total. The first-order valence-corrected chi connectivity index (χ1v) is 9.91. The van der Waals surface area contributed by atoms with Gasteiger partial charge in [-0.25, -0.2) is 0 Å². The predicted octanol–water partition coefficient (Wildman–Crippen LogP) is 2.62. The van der Waals surface area contributed by atoms with E-state index in [9.17, 15) is 14.4 Å². The van der Waals surface area contributed by atoms with Crippen molar-refractivity contribution in [2.75, 3.05) is 16.8 Å². The maximum atomic E-state index is 12.5. The van der Waals surface area contributed by atoms with E-state index < -0.39 is 11.2 Å². The number of thioether (sulfide) groups is 1. The van der Waals surface area contributed by atoms with Gasteiger partial charge in [-0.05, 0) is 37.4 Å². The number of carbonyl (C=O) groups is 3. The first kappa shape index (κ1) is 19.1. The van der Waals surface area contributed by atoms with E-state index in [1.54, 1.807) is 18.4 Å². The molecular weight excluding hydrogens is 384 g/mol. The molecule has 2 heterocycles. The van der Waals surface area contributed by atoms with Crippen LogP contribution in [0.2, 0.25) is 0 Å². The summed E-state index contributed by atoms with van der Waals surface area (Å²) in [7, 11) is 0. The zero-order chi connectivity index (χ0) is 19.6. The molecule has 1 aromatic heterocycles. The third kappa shape index (κ3) is 4.20. The molecule has 1 aliphatic rings. The lowest BCUT2D eigenvalue weighted by Crippen LogP contribution is -2.33. The number of nitrogens with two attached hydrogens (primary N) is 1. The van der Waals surface area contributed by atoms with Gasteiger partial charge in [0.25, 0.3) is 11.8 Å². The van der Waals surface area contributed by atoms with Crippen molar-refractivity contribution in [2.24, 2.45) is 10.7 Å². The van der Waals surface area contributed by atoms with Crippen LogP contribution in [0.4, 0.5) is 10.7 Å². The number of rotatable bonds is 5. The van der Waals surface area contributed by atoms with Gasteiger partial charge >= 0.3 is 0 Å². The number of hydrogen-bond donors (Lipinski definition) is 2. The number of primary amides is 1. The molecule has 0 saturated carbocycles. The Balaban J connectivity index is 1.70. The fraction of sp³-hybridized carbons (Fsp3) is 0.222. The highest BCUT2D eigenvalue weighted by atomic mass is 32.2. The van der Waals surface area contributed by atoms with Gasteiger partial charge in [-0.1, -0.05) is 29.5 Å². The topological polar surface area (TPSA) is 105 Å². The molecular formula is C18H18N4O3S2. The zero-order valence-electron chi connectivity index (χ0n) is 14.8. The summed E-state index contributed by atoms with van der Waals surface area (Å²) in [5.74, 6) is -1.03. The number of nitrogens with one attached hydrogen (secondary N) is 1. The first-order chi connectivity index (χ1) is 12.9. The van der Waals surface area contributed by atoms with Crippen LogP contribution in [0.1, 0.15) is 22.8 Å². The summed E-state index contributed by atoms with van der Waals surface area (Å²) in [5, 5.41) is 4.78. The minimum atomic E-state index is -0.594. The number of hydrogen-bond acceptors (Lipinski definition) is 6. The molecule has 27 heavy (non-hydrogen) atoms. The molecule has 0 saturated heterocycles. The van der Waals surface area contributed by atoms with Crippen molar-refractivity contribution < 1.29 is 14.4 Å². The Morgan fingerprint density at radius 2 is 2.00 bits per heavy atom. The monoisotopic (exact) mass is 402 g/mol. The standard InChI is InChI=1S/C18H18N4O3S2/c1-10-3-5-12(6-4-10)22-14(23)9-20-18(22)27-11(2)16(25)21-17-13(15(19)24)7-8-26-17/h3-8,11H,9H2,1-2H3,(H2,19,24)(H,21,25)/t11-/m0/s1. The van der Waals surface area contributed by atoms with Gasteiger partial charge in [-0.3, -0.25) is 24.3 Å². The van der Waals surface area contributed by atoms with Gasteiger partial charge in [-0.2, -0.15) is 0 Å². The molecule has 0 unspecified atom stereocenters. The normalized spacial score (nSPS) is 14.8. The van der Waals surface area contributed by atoms with Gasteiger partial charge in [0, 0.05) is 0 Å². The number of carbonyl (C=O) groups excluding carboxylic acids is 3. The fourth-order valence-corrected chi connectivity index (χ4v) is 4.18. The van der Waals surface area contributed by atoms with Crippen molar-refractivity contribution in [1.29, 1.82) is 0 Å². The van der Waals surface area contributed by atoms with E-state index in [0.717, 1.165) is 11.3 Å². The van der Waals surface area contributed by atoms with Crippen LogP contribution in [0.3, 0.4) is 0 Å². The molecule has 1 aliphatic heterocycles. The summed E-state index contributed by atoms with van der Waals surface area (Å²) < 4.78 is 0. The number of nitrogens with zero attached hydrogens (tertiary/aromatic N) is 2. The third-order valence-corrected chi connectivity index (χ3v) is 5.82. The van der Waals surface area contributed by atoms with E-state index in [2.05, 4.69) is 10.3 Å². The van der Waals surface area contributed by atoms with Gasteiger partial charge in [0.2, 0.25) is 5.91 Å². The molecule has 3 N–H and O–H groups in total. The lowest BCUT2D eigenvalue weighted by atomic mass is 10.2. The molecule has 3 rings (SSSR count). The Labute approximate surface area is 164 Å².